The van der Waals surface area contributed by atoms with Gasteiger partial charge in [-0.1, -0.05) is 42.0 Å². The van der Waals surface area contributed by atoms with E-state index in [0.717, 1.165) is 11.3 Å². The highest BCUT2D eigenvalue weighted by molar-refractivity contribution is 6.02. The number of ether oxygens (including phenoxy) is 1. The maximum Gasteiger partial charge on any atom is 0.272 e. The predicted molar refractivity (Wildman–Crippen MR) is 109 cm³/mol. The van der Waals surface area contributed by atoms with Crippen LogP contribution in [0.25, 0.3) is 0 Å². The minimum atomic E-state index is -0.794. The molecule has 29 heavy (non-hydrogen) atoms. The summed E-state index contributed by atoms with van der Waals surface area (Å²) in [5.74, 6) is -0.0447. The fraction of sp³-hybridized carbons (Fsp3) is 0.227. The highest BCUT2D eigenvalue weighted by Crippen LogP contribution is 2.29. The maximum atomic E-state index is 12.8. The van der Waals surface area contributed by atoms with Crippen LogP contribution in [0.2, 0.25) is 0 Å². The Balaban J connectivity index is 1.44. The number of amides is 2. The predicted octanol–water partition coefficient (Wildman–Crippen LogP) is 2.46. The van der Waals surface area contributed by atoms with Gasteiger partial charge in [0, 0.05) is 19.2 Å². The lowest BCUT2D eigenvalue weighted by atomic mass is 10.1. The fourth-order valence-corrected chi connectivity index (χ4v) is 3.28. The number of hydrogen-bond donors (Lipinski definition) is 2. The largest absolute Gasteiger partial charge is 0.489 e. The zero-order valence-electron chi connectivity index (χ0n) is 16.3. The molecule has 0 fully saturated rings. The lowest BCUT2D eigenvalue weighted by Gasteiger charge is -2.19. The Labute approximate surface area is 168 Å². The van der Waals surface area contributed by atoms with Gasteiger partial charge in [-0.15, -0.1) is 0 Å². The van der Waals surface area contributed by atoms with Crippen molar-refractivity contribution in [2.45, 2.75) is 19.4 Å². The normalized spacial score (nSPS) is 16.0. The van der Waals surface area contributed by atoms with Gasteiger partial charge >= 0.3 is 0 Å². The molecule has 3 aromatic rings. The molecule has 148 valence electrons. The molecule has 2 N–H and O–H groups in total. The number of likely N-dealkylation sites (N-methyl/N-ethyl adjacent to an activating group) is 1. The van der Waals surface area contributed by atoms with Crippen molar-refractivity contribution >= 4 is 17.5 Å². The van der Waals surface area contributed by atoms with Crippen molar-refractivity contribution in [3.63, 3.8) is 0 Å². The minimum absolute atomic E-state index is 0.0621. The van der Waals surface area contributed by atoms with Crippen LogP contribution < -0.4 is 15.0 Å². The average molecular weight is 390 g/mol. The van der Waals surface area contributed by atoms with E-state index >= 15 is 0 Å². The van der Waals surface area contributed by atoms with Gasteiger partial charge in [-0.2, -0.15) is 5.10 Å². The van der Waals surface area contributed by atoms with Crippen LogP contribution in [-0.4, -0.2) is 41.7 Å². The zero-order valence-corrected chi connectivity index (χ0v) is 16.3. The number of nitrogens with one attached hydrogen (secondary N) is 2. The summed E-state index contributed by atoms with van der Waals surface area (Å²) in [5, 5.41) is 9.73. The molecule has 0 saturated carbocycles. The van der Waals surface area contributed by atoms with Gasteiger partial charge in [-0.05, 0) is 30.7 Å². The van der Waals surface area contributed by atoms with Crippen LogP contribution in [0.15, 0.2) is 54.6 Å². The smallest absolute Gasteiger partial charge is 0.272 e. The highest BCUT2D eigenvalue weighted by Gasteiger charge is 2.31. The van der Waals surface area contributed by atoms with E-state index < -0.39 is 11.9 Å². The summed E-state index contributed by atoms with van der Waals surface area (Å²) in [6.07, 6.45) is 0.643. The van der Waals surface area contributed by atoms with Gasteiger partial charge in [0.2, 0.25) is 0 Å². The number of nitrogens with zero attached hydrogens (tertiary/aromatic N) is 2. The zero-order chi connectivity index (χ0) is 20.4. The summed E-state index contributed by atoms with van der Waals surface area (Å²) < 4.78 is 5.73. The first kappa shape index (κ1) is 18.7. The number of aromatic nitrogens is 2. The maximum absolute atomic E-state index is 12.8. The van der Waals surface area contributed by atoms with Crippen LogP contribution in [0.5, 0.6) is 5.75 Å². The number of H-pyrrole nitrogens is 1. The molecule has 2 amide bonds. The second kappa shape index (κ2) is 7.79. The summed E-state index contributed by atoms with van der Waals surface area (Å²) in [5.41, 5.74) is 4.06. The lowest BCUT2D eigenvalue weighted by Crippen LogP contribution is -2.49. The summed E-state index contributed by atoms with van der Waals surface area (Å²) in [6.45, 7) is 2.10. The van der Waals surface area contributed by atoms with E-state index in [1.165, 1.54) is 10.5 Å². The summed E-state index contributed by atoms with van der Waals surface area (Å²) >= 11 is 0. The van der Waals surface area contributed by atoms with E-state index in [1.807, 2.05) is 49.4 Å². The topological polar surface area (TPSA) is 87.3 Å². The number of fused-ring (bicyclic) bond motifs is 1. The van der Waals surface area contributed by atoms with Gasteiger partial charge in [-0.25, -0.2) is 0 Å². The number of carbonyl (C=O) groups excluding carboxylic acids is 2. The minimum Gasteiger partial charge on any atom is -0.489 e. The number of anilines is 1. The Morgan fingerprint density at radius 3 is 2.79 bits per heavy atom. The van der Waals surface area contributed by atoms with Crippen molar-refractivity contribution in [1.29, 1.82) is 0 Å². The van der Waals surface area contributed by atoms with Crippen molar-refractivity contribution in [2.24, 2.45) is 0 Å². The molecule has 0 radical (unpaired) electrons. The number of para-hydroxylation sites is 2. The molecular weight excluding hydrogens is 368 g/mol. The summed E-state index contributed by atoms with van der Waals surface area (Å²) in [4.78, 5) is 26.9. The van der Waals surface area contributed by atoms with Crippen molar-refractivity contribution < 1.29 is 14.3 Å². The monoisotopic (exact) mass is 390 g/mol. The van der Waals surface area contributed by atoms with E-state index in [2.05, 4.69) is 15.5 Å². The van der Waals surface area contributed by atoms with Gasteiger partial charge in [-0.3, -0.25) is 14.7 Å². The van der Waals surface area contributed by atoms with Crippen molar-refractivity contribution in [3.05, 3.63) is 77.1 Å². The molecule has 7 nitrogen and oxygen atoms in total. The quantitative estimate of drug-likeness (QED) is 0.716. The first-order valence-electron chi connectivity index (χ1n) is 9.41. The van der Waals surface area contributed by atoms with Crippen LogP contribution in [0.3, 0.4) is 0 Å². The van der Waals surface area contributed by atoms with Crippen molar-refractivity contribution in [1.82, 2.24) is 15.5 Å². The molecule has 0 spiro atoms. The summed E-state index contributed by atoms with van der Waals surface area (Å²) in [7, 11) is 1.67. The number of hydrogen-bond acceptors (Lipinski definition) is 4. The Hall–Kier alpha value is -3.61. The first-order valence-corrected chi connectivity index (χ1v) is 9.41. The van der Waals surface area contributed by atoms with Crippen molar-refractivity contribution in [2.75, 3.05) is 18.6 Å². The van der Waals surface area contributed by atoms with Crippen LogP contribution >= 0.6 is 0 Å². The van der Waals surface area contributed by atoms with Gasteiger partial charge in [0.25, 0.3) is 11.8 Å². The number of benzene rings is 2. The SMILES string of the molecule is Cc1ccc(Cc2cc(C(=O)NC3COc4ccccc4N(C)C3=O)n[nH]2)cc1. The van der Waals surface area contributed by atoms with E-state index in [1.54, 1.807) is 19.2 Å². The Morgan fingerprint density at radius 2 is 2.00 bits per heavy atom. The van der Waals surface area contributed by atoms with Crippen LogP contribution in [0.4, 0.5) is 5.69 Å². The van der Waals surface area contributed by atoms with Crippen LogP contribution in [0, 0.1) is 6.92 Å². The molecular formula is C22H22N4O3. The molecule has 7 heteroatoms. The average Bonchev–Trinajstić information content (AvgIpc) is 3.16. The Morgan fingerprint density at radius 1 is 1.24 bits per heavy atom. The molecule has 2 aromatic carbocycles. The second-order valence-electron chi connectivity index (χ2n) is 7.14. The molecule has 0 bridgehead atoms. The number of carbonyl (C=O) groups is 2. The molecule has 1 aliphatic heterocycles. The Kier molecular flexibility index (Phi) is 5.03. The van der Waals surface area contributed by atoms with Gasteiger partial charge in [0.05, 0.1) is 5.69 Å². The number of aromatic amines is 1. The second-order valence-corrected chi connectivity index (χ2v) is 7.14. The van der Waals surface area contributed by atoms with E-state index in [9.17, 15) is 9.59 Å². The lowest BCUT2D eigenvalue weighted by molar-refractivity contribution is -0.120. The van der Waals surface area contributed by atoms with Gasteiger partial charge in [0.15, 0.2) is 0 Å². The van der Waals surface area contributed by atoms with Gasteiger partial charge in [0.1, 0.15) is 24.1 Å². The first-order chi connectivity index (χ1) is 14.0. The molecule has 1 unspecified atom stereocenters. The van der Waals surface area contributed by atoms with E-state index in [0.29, 0.717) is 17.9 Å². The van der Waals surface area contributed by atoms with Gasteiger partial charge < -0.3 is 15.0 Å². The number of aryl methyl sites for hydroxylation is 1. The molecule has 0 aliphatic carbocycles. The third-order valence-corrected chi connectivity index (χ3v) is 4.94. The molecule has 1 aliphatic rings. The number of rotatable bonds is 4. The van der Waals surface area contributed by atoms with Crippen molar-refractivity contribution in [3.8, 4) is 5.75 Å². The molecule has 1 aromatic heterocycles. The van der Waals surface area contributed by atoms with E-state index in [4.69, 9.17) is 4.74 Å². The fourth-order valence-electron chi connectivity index (χ4n) is 3.28. The Bertz CT molecular complexity index is 1040. The molecule has 4 rings (SSSR count). The highest BCUT2D eigenvalue weighted by atomic mass is 16.5. The molecule has 1 atom stereocenters. The third kappa shape index (κ3) is 3.99. The van der Waals surface area contributed by atoms with E-state index in [-0.39, 0.29) is 18.2 Å². The van der Waals surface area contributed by atoms with Crippen LogP contribution in [0.1, 0.15) is 27.3 Å². The summed E-state index contributed by atoms with van der Waals surface area (Å²) in [6, 6.07) is 16.4. The van der Waals surface area contributed by atoms with Crippen LogP contribution in [-0.2, 0) is 11.2 Å². The molecule has 2 heterocycles. The standard InChI is InChI=1S/C22H22N4O3/c1-14-7-9-15(10-8-14)11-16-12-17(25-24-16)21(27)23-18-13-29-20-6-4-3-5-19(20)26(2)22(18)28/h3-10,12,18H,11,13H2,1-2H3,(H,23,27)(H,24,25). The third-order valence-electron chi connectivity index (χ3n) is 4.94. The molecule has 0 saturated heterocycles.